The number of hydrogen-bond acceptors (Lipinski definition) is 3. The highest BCUT2D eigenvalue weighted by Gasteiger charge is 2.28. The van der Waals surface area contributed by atoms with Crippen molar-refractivity contribution in [2.24, 2.45) is 0 Å². The first-order valence-electron chi connectivity index (χ1n) is 7.90. The summed E-state index contributed by atoms with van der Waals surface area (Å²) in [6.45, 7) is 6.57. The fraction of sp³-hybridized carbons (Fsp3) is 0.529. The summed E-state index contributed by atoms with van der Waals surface area (Å²) in [5.41, 5.74) is -0.0136. The highest BCUT2D eigenvalue weighted by Crippen LogP contribution is 2.27. The molecular formula is C17H22BrClN2O3. The molecule has 1 atom stereocenters. The van der Waals surface area contributed by atoms with Gasteiger partial charge in [0.25, 0.3) is 5.91 Å². The smallest absolute Gasteiger partial charge is 0.407 e. The van der Waals surface area contributed by atoms with Gasteiger partial charge in [0.15, 0.2) is 0 Å². The lowest BCUT2D eigenvalue weighted by Gasteiger charge is -2.33. The molecule has 1 heterocycles. The molecule has 1 aliphatic rings. The van der Waals surface area contributed by atoms with E-state index in [0.29, 0.717) is 28.1 Å². The van der Waals surface area contributed by atoms with Crippen molar-refractivity contribution in [1.82, 2.24) is 10.2 Å². The first kappa shape index (κ1) is 19.1. The summed E-state index contributed by atoms with van der Waals surface area (Å²) in [4.78, 5) is 26.4. The van der Waals surface area contributed by atoms with E-state index in [9.17, 15) is 9.59 Å². The molecule has 1 saturated heterocycles. The third-order valence-electron chi connectivity index (χ3n) is 3.61. The summed E-state index contributed by atoms with van der Waals surface area (Å²) in [5, 5.41) is 3.35. The van der Waals surface area contributed by atoms with E-state index < -0.39 is 11.7 Å². The Bertz CT molecular complexity index is 631. The third-order valence-corrected chi connectivity index (χ3v) is 5.01. The lowest BCUT2D eigenvalue weighted by Crippen LogP contribution is -2.50. The van der Waals surface area contributed by atoms with Crippen LogP contribution in [0.15, 0.2) is 22.7 Å². The first-order chi connectivity index (χ1) is 11.2. The van der Waals surface area contributed by atoms with E-state index in [4.69, 9.17) is 16.3 Å². The van der Waals surface area contributed by atoms with Gasteiger partial charge in [-0.3, -0.25) is 4.79 Å². The second-order valence-electron chi connectivity index (χ2n) is 6.84. The lowest BCUT2D eigenvalue weighted by molar-refractivity contribution is 0.0452. The maximum absolute atomic E-state index is 12.7. The van der Waals surface area contributed by atoms with Crippen LogP contribution in [-0.4, -0.2) is 41.6 Å². The van der Waals surface area contributed by atoms with Gasteiger partial charge in [-0.2, -0.15) is 0 Å². The van der Waals surface area contributed by atoms with Crippen LogP contribution in [0.25, 0.3) is 0 Å². The molecule has 1 aromatic carbocycles. The minimum atomic E-state index is -0.542. The second-order valence-corrected chi connectivity index (χ2v) is 8.04. The van der Waals surface area contributed by atoms with E-state index >= 15 is 0 Å². The number of hydrogen-bond donors (Lipinski definition) is 1. The van der Waals surface area contributed by atoms with Crippen LogP contribution in [0.3, 0.4) is 0 Å². The van der Waals surface area contributed by atoms with E-state index in [1.807, 2.05) is 20.8 Å². The SMILES string of the molecule is CC(C)(C)OC(=O)NC1CCCN(C(=O)c2cccc(Cl)c2Br)C1. The van der Waals surface area contributed by atoms with Gasteiger partial charge in [0.2, 0.25) is 0 Å². The van der Waals surface area contributed by atoms with Crippen molar-refractivity contribution >= 4 is 39.5 Å². The third kappa shape index (κ3) is 5.11. The van der Waals surface area contributed by atoms with Gasteiger partial charge in [0.1, 0.15) is 5.60 Å². The molecule has 1 unspecified atom stereocenters. The molecule has 24 heavy (non-hydrogen) atoms. The maximum Gasteiger partial charge on any atom is 0.407 e. The summed E-state index contributed by atoms with van der Waals surface area (Å²) < 4.78 is 5.87. The van der Waals surface area contributed by atoms with E-state index in [1.54, 1.807) is 23.1 Å². The van der Waals surface area contributed by atoms with Gasteiger partial charge in [0, 0.05) is 23.6 Å². The zero-order chi connectivity index (χ0) is 17.9. The molecule has 2 amide bonds. The van der Waals surface area contributed by atoms with Crippen molar-refractivity contribution in [3.05, 3.63) is 33.3 Å². The summed E-state index contributed by atoms with van der Waals surface area (Å²) in [7, 11) is 0. The molecular weight excluding hydrogens is 396 g/mol. The number of amides is 2. The molecule has 2 rings (SSSR count). The quantitative estimate of drug-likeness (QED) is 0.783. The summed E-state index contributed by atoms with van der Waals surface area (Å²) in [5.74, 6) is -0.0972. The van der Waals surface area contributed by atoms with E-state index in [2.05, 4.69) is 21.2 Å². The van der Waals surface area contributed by atoms with Crippen LogP contribution in [0.2, 0.25) is 5.02 Å². The van der Waals surface area contributed by atoms with Crippen LogP contribution in [0.1, 0.15) is 44.0 Å². The highest BCUT2D eigenvalue weighted by molar-refractivity contribution is 9.10. The fourth-order valence-corrected chi connectivity index (χ4v) is 3.20. The average Bonchev–Trinajstić information content (AvgIpc) is 2.47. The monoisotopic (exact) mass is 416 g/mol. The highest BCUT2D eigenvalue weighted by atomic mass is 79.9. The van der Waals surface area contributed by atoms with Gasteiger partial charge in [-0.1, -0.05) is 17.7 Å². The number of carbonyl (C=O) groups is 2. The maximum atomic E-state index is 12.7. The molecule has 1 aromatic rings. The second kappa shape index (κ2) is 7.74. The Morgan fingerprint density at radius 1 is 1.38 bits per heavy atom. The van der Waals surface area contributed by atoms with Crippen molar-refractivity contribution in [1.29, 1.82) is 0 Å². The number of alkyl carbamates (subject to hydrolysis) is 1. The number of nitrogens with one attached hydrogen (secondary N) is 1. The Kier molecular flexibility index (Phi) is 6.15. The molecule has 1 fully saturated rings. The van der Waals surface area contributed by atoms with Crippen molar-refractivity contribution in [2.75, 3.05) is 13.1 Å². The van der Waals surface area contributed by atoms with Crippen molar-refractivity contribution < 1.29 is 14.3 Å². The normalized spacial score (nSPS) is 18.2. The fourth-order valence-electron chi connectivity index (χ4n) is 2.59. The number of likely N-dealkylation sites (tertiary alicyclic amines) is 1. The molecule has 132 valence electrons. The Morgan fingerprint density at radius 2 is 2.08 bits per heavy atom. The summed E-state index contributed by atoms with van der Waals surface area (Å²) in [6.07, 6.45) is 1.19. The van der Waals surface area contributed by atoms with E-state index in [1.165, 1.54) is 0 Å². The number of benzene rings is 1. The Balaban J connectivity index is 2.01. The van der Waals surface area contributed by atoms with Crippen LogP contribution < -0.4 is 5.32 Å². The molecule has 7 heteroatoms. The minimum Gasteiger partial charge on any atom is -0.444 e. The largest absolute Gasteiger partial charge is 0.444 e. The average molecular weight is 418 g/mol. The van der Waals surface area contributed by atoms with Crippen molar-refractivity contribution in [2.45, 2.75) is 45.3 Å². The zero-order valence-corrected chi connectivity index (χ0v) is 16.4. The molecule has 1 N–H and O–H groups in total. The summed E-state index contributed by atoms with van der Waals surface area (Å²) in [6, 6.07) is 5.10. The van der Waals surface area contributed by atoms with Crippen molar-refractivity contribution in [3.63, 3.8) is 0 Å². The lowest BCUT2D eigenvalue weighted by atomic mass is 10.0. The van der Waals surface area contributed by atoms with Gasteiger partial charge in [0.05, 0.1) is 10.6 Å². The topological polar surface area (TPSA) is 58.6 Å². The van der Waals surface area contributed by atoms with Crippen LogP contribution in [0.4, 0.5) is 4.79 Å². The van der Waals surface area contributed by atoms with E-state index in [-0.39, 0.29) is 11.9 Å². The number of halogens is 2. The van der Waals surface area contributed by atoms with Crippen LogP contribution in [0, 0.1) is 0 Å². The van der Waals surface area contributed by atoms with Crippen LogP contribution in [0.5, 0.6) is 0 Å². The van der Waals surface area contributed by atoms with Gasteiger partial charge in [-0.25, -0.2) is 4.79 Å². The molecule has 0 spiro atoms. The predicted octanol–water partition coefficient (Wildman–Crippen LogP) is 4.23. The Labute approximate surface area is 155 Å². The van der Waals surface area contributed by atoms with Crippen LogP contribution >= 0.6 is 27.5 Å². The standard InChI is InChI=1S/C17H22BrClN2O3/c1-17(2,3)24-16(23)20-11-6-5-9-21(10-11)15(22)12-7-4-8-13(19)14(12)18/h4,7-8,11H,5-6,9-10H2,1-3H3,(H,20,23). The number of nitrogens with zero attached hydrogens (tertiary/aromatic N) is 1. The van der Waals surface area contributed by atoms with E-state index in [0.717, 1.165) is 12.8 Å². The van der Waals surface area contributed by atoms with Gasteiger partial charge in [-0.15, -0.1) is 0 Å². The predicted molar refractivity (Wildman–Crippen MR) is 97.4 cm³/mol. The van der Waals surface area contributed by atoms with Gasteiger partial charge >= 0.3 is 6.09 Å². The molecule has 0 radical (unpaired) electrons. The van der Waals surface area contributed by atoms with Gasteiger partial charge in [-0.05, 0) is 61.7 Å². The molecule has 0 saturated carbocycles. The first-order valence-corrected chi connectivity index (χ1v) is 9.07. The molecule has 1 aliphatic heterocycles. The van der Waals surface area contributed by atoms with Crippen LogP contribution in [-0.2, 0) is 4.74 Å². The molecule has 5 nitrogen and oxygen atoms in total. The molecule has 0 aromatic heterocycles. The Morgan fingerprint density at radius 3 is 2.75 bits per heavy atom. The zero-order valence-electron chi connectivity index (χ0n) is 14.1. The molecule has 0 aliphatic carbocycles. The van der Waals surface area contributed by atoms with Crippen molar-refractivity contribution in [3.8, 4) is 0 Å². The number of ether oxygens (including phenoxy) is 1. The number of carbonyl (C=O) groups excluding carboxylic acids is 2. The number of piperidine rings is 1. The Hall–Kier alpha value is -1.27. The van der Waals surface area contributed by atoms with Gasteiger partial charge < -0.3 is 15.0 Å². The number of rotatable bonds is 2. The summed E-state index contributed by atoms with van der Waals surface area (Å²) >= 11 is 9.43. The molecule has 0 bridgehead atoms. The minimum absolute atomic E-state index is 0.0972.